The maximum atomic E-state index is 12.1. The van der Waals surface area contributed by atoms with E-state index in [9.17, 15) is 9.59 Å². The first kappa shape index (κ1) is 13.0. The standard InChI is InChI=1S/C15H18N2O3/c1-20-13-4-2-3-12(8-13)17-9-11(7-14(17)18)16-15(19)10-5-6-10/h2-4,8,10-11H,5-7,9H2,1H3,(H,16,19)/t11-/m0/s1. The molecule has 2 amide bonds. The van der Waals surface area contributed by atoms with Crippen LogP contribution in [0.25, 0.3) is 0 Å². The number of nitrogens with one attached hydrogen (secondary N) is 1. The number of anilines is 1. The topological polar surface area (TPSA) is 58.6 Å². The van der Waals surface area contributed by atoms with Gasteiger partial charge in [-0.25, -0.2) is 0 Å². The van der Waals surface area contributed by atoms with Gasteiger partial charge in [-0.3, -0.25) is 9.59 Å². The molecule has 3 rings (SSSR count). The molecule has 0 unspecified atom stereocenters. The van der Waals surface area contributed by atoms with Gasteiger partial charge in [0.25, 0.3) is 0 Å². The number of hydrogen-bond acceptors (Lipinski definition) is 3. The molecular formula is C15H18N2O3. The van der Waals surface area contributed by atoms with Crippen LogP contribution >= 0.6 is 0 Å². The predicted molar refractivity (Wildman–Crippen MR) is 74.6 cm³/mol. The molecule has 1 aliphatic carbocycles. The second kappa shape index (κ2) is 5.15. The lowest BCUT2D eigenvalue weighted by molar-refractivity contribution is -0.122. The first-order valence-electron chi connectivity index (χ1n) is 6.92. The molecule has 0 aromatic heterocycles. The smallest absolute Gasteiger partial charge is 0.229 e. The molecule has 1 aliphatic heterocycles. The van der Waals surface area contributed by atoms with E-state index in [1.165, 1.54) is 0 Å². The van der Waals surface area contributed by atoms with Crippen LogP contribution in [0, 0.1) is 5.92 Å². The minimum Gasteiger partial charge on any atom is -0.497 e. The minimum atomic E-state index is -0.0817. The second-order valence-corrected chi connectivity index (χ2v) is 5.39. The number of rotatable bonds is 4. The highest BCUT2D eigenvalue weighted by molar-refractivity contribution is 5.97. The second-order valence-electron chi connectivity index (χ2n) is 5.39. The highest BCUT2D eigenvalue weighted by Crippen LogP contribution is 2.30. The van der Waals surface area contributed by atoms with Crippen molar-refractivity contribution in [2.24, 2.45) is 5.92 Å². The lowest BCUT2D eigenvalue weighted by Gasteiger charge is -2.18. The number of ether oxygens (including phenoxy) is 1. The molecule has 5 heteroatoms. The van der Waals surface area contributed by atoms with Crippen molar-refractivity contribution in [1.82, 2.24) is 5.32 Å². The van der Waals surface area contributed by atoms with E-state index >= 15 is 0 Å². The van der Waals surface area contributed by atoms with E-state index < -0.39 is 0 Å². The summed E-state index contributed by atoms with van der Waals surface area (Å²) in [6.45, 7) is 0.532. The summed E-state index contributed by atoms with van der Waals surface area (Å²) < 4.78 is 5.17. The summed E-state index contributed by atoms with van der Waals surface area (Å²) in [5.41, 5.74) is 0.817. The minimum absolute atomic E-state index is 0.0411. The Balaban J connectivity index is 1.68. The third-order valence-corrected chi connectivity index (χ3v) is 3.78. The normalized spacial score (nSPS) is 21.9. The highest BCUT2D eigenvalue weighted by Gasteiger charge is 2.35. The fourth-order valence-electron chi connectivity index (χ4n) is 2.50. The summed E-state index contributed by atoms with van der Waals surface area (Å²) in [6, 6.07) is 7.34. The number of methoxy groups -OCH3 is 1. The van der Waals surface area contributed by atoms with Gasteiger partial charge in [-0.2, -0.15) is 0 Å². The Hall–Kier alpha value is -2.04. The van der Waals surface area contributed by atoms with Gasteiger partial charge in [0.05, 0.1) is 13.2 Å². The molecule has 1 aromatic carbocycles. The zero-order valence-electron chi connectivity index (χ0n) is 11.5. The largest absolute Gasteiger partial charge is 0.497 e. The van der Waals surface area contributed by atoms with Crippen LogP contribution in [-0.4, -0.2) is 31.5 Å². The van der Waals surface area contributed by atoms with Crippen molar-refractivity contribution < 1.29 is 14.3 Å². The van der Waals surface area contributed by atoms with E-state index in [0.29, 0.717) is 13.0 Å². The van der Waals surface area contributed by atoms with E-state index in [4.69, 9.17) is 4.74 Å². The molecule has 0 spiro atoms. The van der Waals surface area contributed by atoms with Crippen molar-refractivity contribution in [3.8, 4) is 5.75 Å². The molecule has 1 N–H and O–H groups in total. The number of amides is 2. The van der Waals surface area contributed by atoms with E-state index in [-0.39, 0.29) is 23.8 Å². The van der Waals surface area contributed by atoms with Crippen LogP contribution < -0.4 is 15.0 Å². The Kier molecular flexibility index (Phi) is 3.34. The van der Waals surface area contributed by atoms with Gasteiger partial charge in [-0.15, -0.1) is 0 Å². The lowest BCUT2D eigenvalue weighted by atomic mass is 10.2. The zero-order chi connectivity index (χ0) is 14.1. The first-order valence-corrected chi connectivity index (χ1v) is 6.92. The van der Waals surface area contributed by atoms with Crippen LogP contribution in [0.2, 0.25) is 0 Å². The molecule has 1 aromatic rings. The van der Waals surface area contributed by atoms with Crippen molar-refractivity contribution >= 4 is 17.5 Å². The molecule has 1 saturated carbocycles. The number of nitrogens with zero attached hydrogens (tertiary/aromatic N) is 1. The molecule has 5 nitrogen and oxygen atoms in total. The van der Waals surface area contributed by atoms with Gasteiger partial charge in [-0.1, -0.05) is 6.07 Å². The van der Waals surface area contributed by atoms with Gasteiger partial charge in [0.2, 0.25) is 11.8 Å². The molecule has 20 heavy (non-hydrogen) atoms. The predicted octanol–water partition coefficient (Wildman–Crippen LogP) is 1.33. The van der Waals surface area contributed by atoms with E-state index in [0.717, 1.165) is 24.3 Å². The molecular weight excluding hydrogens is 256 g/mol. The Morgan fingerprint density at radius 3 is 2.90 bits per heavy atom. The Bertz CT molecular complexity index is 540. The van der Waals surface area contributed by atoms with Crippen LogP contribution in [0.1, 0.15) is 19.3 Å². The Morgan fingerprint density at radius 2 is 2.20 bits per heavy atom. The molecule has 2 aliphatic rings. The maximum Gasteiger partial charge on any atom is 0.229 e. The van der Waals surface area contributed by atoms with Gasteiger partial charge >= 0.3 is 0 Å². The van der Waals surface area contributed by atoms with Crippen LogP contribution in [0.5, 0.6) is 5.75 Å². The first-order chi connectivity index (χ1) is 9.67. The van der Waals surface area contributed by atoms with Gasteiger partial charge in [-0.05, 0) is 25.0 Å². The van der Waals surface area contributed by atoms with Crippen molar-refractivity contribution in [3.05, 3.63) is 24.3 Å². The molecule has 1 atom stereocenters. The Morgan fingerprint density at radius 1 is 1.40 bits per heavy atom. The average molecular weight is 274 g/mol. The summed E-state index contributed by atoms with van der Waals surface area (Å²) in [7, 11) is 1.60. The highest BCUT2D eigenvalue weighted by atomic mass is 16.5. The zero-order valence-corrected chi connectivity index (χ0v) is 11.5. The average Bonchev–Trinajstić information content (AvgIpc) is 3.24. The fourth-order valence-corrected chi connectivity index (χ4v) is 2.50. The van der Waals surface area contributed by atoms with E-state index in [2.05, 4.69) is 5.32 Å². The molecule has 0 radical (unpaired) electrons. The number of benzene rings is 1. The summed E-state index contributed by atoms with van der Waals surface area (Å²) in [5, 5.41) is 2.97. The molecule has 1 heterocycles. The summed E-state index contributed by atoms with van der Waals surface area (Å²) >= 11 is 0. The summed E-state index contributed by atoms with van der Waals surface area (Å²) in [6.07, 6.45) is 2.33. The third-order valence-electron chi connectivity index (χ3n) is 3.78. The Labute approximate surface area is 117 Å². The van der Waals surface area contributed by atoms with Gasteiger partial charge in [0.15, 0.2) is 0 Å². The van der Waals surface area contributed by atoms with Crippen molar-refractivity contribution in [2.75, 3.05) is 18.6 Å². The van der Waals surface area contributed by atoms with Crippen molar-refractivity contribution in [1.29, 1.82) is 0 Å². The molecule has 2 fully saturated rings. The molecule has 106 valence electrons. The fraction of sp³-hybridized carbons (Fsp3) is 0.467. The van der Waals surface area contributed by atoms with E-state index in [1.54, 1.807) is 12.0 Å². The maximum absolute atomic E-state index is 12.1. The molecule has 1 saturated heterocycles. The van der Waals surface area contributed by atoms with Crippen molar-refractivity contribution in [3.63, 3.8) is 0 Å². The quantitative estimate of drug-likeness (QED) is 0.901. The summed E-state index contributed by atoms with van der Waals surface area (Å²) in [5.74, 6) is 1.03. The van der Waals surface area contributed by atoms with Gasteiger partial charge in [0, 0.05) is 30.6 Å². The van der Waals surface area contributed by atoms with Crippen LogP contribution in [0.3, 0.4) is 0 Å². The summed E-state index contributed by atoms with van der Waals surface area (Å²) in [4.78, 5) is 25.5. The number of carbonyl (C=O) groups excluding carboxylic acids is 2. The lowest BCUT2D eigenvalue weighted by Crippen LogP contribution is -2.37. The van der Waals surface area contributed by atoms with Crippen LogP contribution in [-0.2, 0) is 9.59 Å². The van der Waals surface area contributed by atoms with E-state index in [1.807, 2.05) is 24.3 Å². The van der Waals surface area contributed by atoms with Crippen molar-refractivity contribution in [2.45, 2.75) is 25.3 Å². The van der Waals surface area contributed by atoms with Gasteiger partial charge in [0.1, 0.15) is 5.75 Å². The number of hydrogen-bond donors (Lipinski definition) is 1. The SMILES string of the molecule is COc1cccc(N2C[C@@H](NC(=O)C3CC3)CC2=O)c1. The van der Waals surface area contributed by atoms with Gasteiger partial charge < -0.3 is 15.0 Å². The third kappa shape index (κ3) is 2.61. The molecule has 0 bridgehead atoms. The van der Waals surface area contributed by atoms with Crippen LogP contribution in [0.15, 0.2) is 24.3 Å². The van der Waals surface area contributed by atoms with Crippen LogP contribution in [0.4, 0.5) is 5.69 Å². The number of carbonyl (C=O) groups is 2. The monoisotopic (exact) mass is 274 g/mol.